The fourth-order valence-electron chi connectivity index (χ4n) is 2.03. The average molecular weight is 213 g/mol. The van der Waals surface area contributed by atoms with Gasteiger partial charge in [0.1, 0.15) is 0 Å². The summed E-state index contributed by atoms with van der Waals surface area (Å²) < 4.78 is 0. The van der Waals surface area contributed by atoms with Crippen molar-refractivity contribution in [1.82, 2.24) is 4.98 Å². The second-order valence-corrected chi connectivity index (χ2v) is 4.81. The number of H-pyrrole nitrogens is 1. The van der Waals surface area contributed by atoms with Crippen LogP contribution >= 0.6 is 0 Å². The standard InChI is InChI=1S/C15H19N/c1-11(2)10-13-8-9-15(16-13)14-7-5-4-6-12(14)3/h4-9,11,16H,10H2,1-3H3. The van der Waals surface area contributed by atoms with E-state index in [0.717, 1.165) is 6.42 Å². The van der Waals surface area contributed by atoms with Gasteiger partial charge in [-0.3, -0.25) is 0 Å². The highest BCUT2D eigenvalue weighted by atomic mass is 14.7. The molecular formula is C15H19N. The first kappa shape index (κ1) is 11.0. The summed E-state index contributed by atoms with van der Waals surface area (Å²) in [5.41, 5.74) is 5.18. The zero-order valence-electron chi connectivity index (χ0n) is 10.2. The largest absolute Gasteiger partial charge is 0.358 e. The number of rotatable bonds is 3. The van der Waals surface area contributed by atoms with Gasteiger partial charge in [-0.05, 0) is 37.0 Å². The van der Waals surface area contributed by atoms with Gasteiger partial charge in [-0.15, -0.1) is 0 Å². The first-order chi connectivity index (χ1) is 7.66. The van der Waals surface area contributed by atoms with Crippen LogP contribution in [0.4, 0.5) is 0 Å². The molecule has 0 saturated carbocycles. The number of aromatic nitrogens is 1. The molecule has 1 heterocycles. The number of benzene rings is 1. The quantitative estimate of drug-likeness (QED) is 0.787. The second-order valence-electron chi connectivity index (χ2n) is 4.81. The summed E-state index contributed by atoms with van der Waals surface area (Å²) in [5, 5.41) is 0. The highest BCUT2D eigenvalue weighted by molar-refractivity contribution is 5.63. The SMILES string of the molecule is Cc1ccccc1-c1ccc(CC(C)C)[nH]1. The van der Waals surface area contributed by atoms with Gasteiger partial charge < -0.3 is 4.98 Å². The number of aromatic amines is 1. The Hall–Kier alpha value is -1.50. The van der Waals surface area contributed by atoms with E-state index in [4.69, 9.17) is 0 Å². The Morgan fingerprint density at radius 2 is 1.81 bits per heavy atom. The molecule has 0 amide bonds. The Kier molecular flexibility index (Phi) is 3.14. The molecule has 1 aromatic carbocycles. The Bertz CT molecular complexity index is 466. The predicted molar refractivity (Wildman–Crippen MR) is 69.5 cm³/mol. The minimum atomic E-state index is 0.698. The number of hydrogen-bond donors (Lipinski definition) is 1. The fourth-order valence-corrected chi connectivity index (χ4v) is 2.03. The molecule has 0 spiro atoms. The number of nitrogens with one attached hydrogen (secondary N) is 1. The van der Waals surface area contributed by atoms with Crippen LogP contribution in [0.2, 0.25) is 0 Å². The highest BCUT2D eigenvalue weighted by Crippen LogP contribution is 2.22. The molecular weight excluding hydrogens is 194 g/mol. The second kappa shape index (κ2) is 4.56. The van der Waals surface area contributed by atoms with Crippen LogP contribution in [0.1, 0.15) is 25.1 Å². The van der Waals surface area contributed by atoms with Crippen LogP contribution in [-0.2, 0) is 6.42 Å². The van der Waals surface area contributed by atoms with Crippen LogP contribution < -0.4 is 0 Å². The van der Waals surface area contributed by atoms with Crippen molar-refractivity contribution in [3.05, 3.63) is 47.7 Å². The third kappa shape index (κ3) is 2.35. The summed E-state index contributed by atoms with van der Waals surface area (Å²) in [6.45, 7) is 6.64. The summed E-state index contributed by atoms with van der Waals surface area (Å²) in [6.07, 6.45) is 1.12. The van der Waals surface area contributed by atoms with Crippen molar-refractivity contribution >= 4 is 0 Å². The summed E-state index contributed by atoms with van der Waals surface area (Å²) in [6, 6.07) is 12.9. The van der Waals surface area contributed by atoms with E-state index >= 15 is 0 Å². The van der Waals surface area contributed by atoms with Gasteiger partial charge in [0, 0.05) is 17.0 Å². The summed E-state index contributed by atoms with van der Waals surface area (Å²) in [4.78, 5) is 3.50. The lowest BCUT2D eigenvalue weighted by Crippen LogP contribution is -1.94. The van der Waals surface area contributed by atoms with Crippen LogP contribution in [-0.4, -0.2) is 4.98 Å². The lowest BCUT2D eigenvalue weighted by atomic mass is 10.1. The first-order valence-electron chi connectivity index (χ1n) is 5.90. The van der Waals surface area contributed by atoms with E-state index in [1.54, 1.807) is 0 Å². The average Bonchev–Trinajstić information content (AvgIpc) is 2.66. The van der Waals surface area contributed by atoms with Gasteiger partial charge in [-0.2, -0.15) is 0 Å². The van der Waals surface area contributed by atoms with Gasteiger partial charge >= 0.3 is 0 Å². The van der Waals surface area contributed by atoms with Gasteiger partial charge in [0.25, 0.3) is 0 Å². The van der Waals surface area contributed by atoms with Crippen molar-refractivity contribution in [2.75, 3.05) is 0 Å². The Morgan fingerprint density at radius 1 is 1.06 bits per heavy atom. The molecule has 0 radical (unpaired) electrons. The maximum atomic E-state index is 3.50. The third-order valence-electron chi connectivity index (χ3n) is 2.81. The molecule has 0 aliphatic carbocycles. The molecule has 2 rings (SSSR count). The van der Waals surface area contributed by atoms with Gasteiger partial charge in [-0.1, -0.05) is 38.1 Å². The molecule has 0 saturated heterocycles. The molecule has 0 fully saturated rings. The van der Waals surface area contributed by atoms with Crippen molar-refractivity contribution in [3.8, 4) is 11.3 Å². The molecule has 1 heteroatoms. The van der Waals surface area contributed by atoms with Crippen LogP contribution in [0, 0.1) is 12.8 Å². The van der Waals surface area contributed by atoms with E-state index in [1.807, 2.05) is 0 Å². The molecule has 16 heavy (non-hydrogen) atoms. The molecule has 0 aliphatic heterocycles. The summed E-state index contributed by atoms with van der Waals surface area (Å²) in [5.74, 6) is 0.698. The molecule has 0 atom stereocenters. The lowest BCUT2D eigenvalue weighted by molar-refractivity contribution is 0.638. The normalized spacial score (nSPS) is 11.0. The minimum Gasteiger partial charge on any atom is -0.358 e. The number of hydrogen-bond acceptors (Lipinski definition) is 0. The Morgan fingerprint density at radius 3 is 2.50 bits per heavy atom. The molecule has 1 aromatic heterocycles. The summed E-state index contributed by atoms with van der Waals surface area (Å²) in [7, 11) is 0. The molecule has 84 valence electrons. The zero-order chi connectivity index (χ0) is 11.5. The molecule has 1 N–H and O–H groups in total. The van der Waals surface area contributed by atoms with Crippen LogP contribution in [0.5, 0.6) is 0 Å². The maximum Gasteiger partial charge on any atom is 0.0458 e. The van der Waals surface area contributed by atoms with Crippen molar-refractivity contribution in [2.45, 2.75) is 27.2 Å². The van der Waals surface area contributed by atoms with Gasteiger partial charge in [0.05, 0.1) is 0 Å². The van der Waals surface area contributed by atoms with Crippen molar-refractivity contribution in [2.24, 2.45) is 5.92 Å². The van der Waals surface area contributed by atoms with Gasteiger partial charge in [0.2, 0.25) is 0 Å². The Balaban J connectivity index is 2.28. The molecule has 0 aliphatic rings. The van der Waals surface area contributed by atoms with E-state index in [2.05, 4.69) is 62.2 Å². The van der Waals surface area contributed by atoms with Gasteiger partial charge in [-0.25, -0.2) is 0 Å². The fraction of sp³-hybridized carbons (Fsp3) is 0.333. The van der Waals surface area contributed by atoms with Crippen molar-refractivity contribution in [3.63, 3.8) is 0 Å². The number of aryl methyl sites for hydroxylation is 1. The lowest BCUT2D eigenvalue weighted by Gasteiger charge is -2.04. The van der Waals surface area contributed by atoms with E-state index in [1.165, 1.54) is 22.5 Å². The van der Waals surface area contributed by atoms with E-state index < -0.39 is 0 Å². The minimum absolute atomic E-state index is 0.698. The van der Waals surface area contributed by atoms with Crippen LogP contribution in [0.25, 0.3) is 11.3 Å². The van der Waals surface area contributed by atoms with E-state index in [0.29, 0.717) is 5.92 Å². The Labute approximate surface area is 97.5 Å². The van der Waals surface area contributed by atoms with Crippen molar-refractivity contribution < 1.29 is 0 Å². The smallest absolute Gasteiger partial charge is 0.0458 e. The highest BCUT2D eigenvalue weighted by Gasteiger charge is 2.05. The molecule has 0 unspecified atom stereocenters. The van der Waals surface area contributed by atoms with Crippen LogP contribution in [0.15, 0.2) is 36.4 Å². The monoisotopic (exact) mass is 213 g/mol. The van der Waals surface area contributed by atoms with Crippen molar-refractivity contribution in [1.29, 1.82) is 0 Å². The predicted octanol–water partition coefficient (Wildman–Crippen LogP) is 4.19. The van der Waals surface area contributed by atoms with E-state index in [-0.39, 0.29) is 0 Å². The van der Waals surface area contributed by atoms with Crippen LogP contribution in [0.3, 0.4) is 0 Å². The first-order valence-corrected chi connectivity index (χ1v) is 5.90. The molecule has 1 nitrogen and oxygen atoms in total. The third-order valence-corrected chi connectivity index (χ3v) is 2.81. The van der Waals surface area contributed by atoms with E-state index in [9.17, 15) is 0 Å². The van der Waals surface area contributed by atoms with Gasteiger partial charge in [0.15, 0.2) is 0 Å². The molecule has 2 aromatic rings. The zero-order valence-corrected chi connectivity index (χ0v) is 10.2. The topological polar surface area (TPSA) is 15.8 Å². The maximum absolute atomic E-state index is 3.50. The molecule has 0 bridgehead atoms. The summed E-state index contributed by atoms with van der Waals surface area (Å²) >= 11 is 0.